The first-order chi connectivity index (χ1) is 17.6. The number of benzene rings is 1. The van der Waals surface area contributed by atoms with Crippen LogP contribution in [0, 0.1) is 5.41 Å². The highest BCUT2D eigenvalue weighted by atomic mass is 32.2. The molecular formula is C30H50O6SSi. The van der Waals surface area contributed by atoms with Crippen LogP contribution in [0.25, 0.3) is 0 Å². The molecule has 0 unspecified atom stereocenters. The smallest absolute Gasteiger partial charge is 0.200 e. The monoisotopic (exact) mass is 566 g/mol. The quantitative estimate of drug-likeness (QED) is 0.262. The van der Waals surface area contributed by atoms with Crippen LogP contribution in [0.4, 0.5) is 0 Å². The molecule has 0 saturated carbocycles. The SMILES string of the molecule is CC(C)[Si](OC[C@H]1O[C@H](Sc2ccccc2)[C@H](OCC(=O)C(C)(C)C)[C@H]2OC(C)(C)O[C@H]21)(C(C)C)C(C)C. The first-order valence-electron chi connectivity index (χ1n) is 14.1. The van der Waals surface area contributed by atoms with Gasteiger partial charge in [0.05, 0.1) is 6.61 Å². The standard InChI is InChI=1S/C30H50O6SSi/c1-19(2)38(20(3)4,21(5)6)33-17-23-25-26(36-30(10,11)35-25)27(32-18-24(31)29(7,8)9)28(34-23)37-22-15-13-12-14-16-22/h12-16,19-21,23,25-28H,17-18H2,1-11H3/t23-,25+,26+,27-,28-/m1/s1. The van der Waals surface area contributed by atoms with Gasteiger partial charge in [0.1, 0.15) is 36.5 Å². The minimum atomic E-state index is -2.11. The molecule has 3 rings (SSSR count). The van der Waals surface area contributed by atoms with Gasteiger partial charge in [-0.1, -0.05) is 92.3 Å². The van der Waals surface area contributed by atoms with Crippen molar-refractivity contribution >= 4 is 25.9 Å². The molecule has 1 aromatic carbocycles. The largest absolute Gasteiger partial charge is 0.413 e. The highest BCUT2D eigenvalue weighted by molar-refractivity contribution is 7.99. The van der Waals surface area contributed by atoms with Crippen molar-refractivity contribution in [1.82, 2.24) is 0 Å². The number of rotatable bonds is 11. The van der Waals surface area contributed by atoms with Crippen LogP contribution in [0.2, 0.25) is 16.6 Å². The molecule has 0 aliphatic carbocycles. The van der Waals surface area contributed by atoms with Crippen LogP contribution in [0.3, 0.4) is 0 Å². The lowest BCUT2D eigenvalue weighted by Gasteiger charge is -2.46. The van der Waals surface area contributed by atoms with Crippen LogP contribution in [0.1, 0.15) is 76.2 Å². The Bertz CT molecular complexity index is 891. The molecule has 0 amide bonds. The van der Waals surface area contributed by atoms with Gasteiger partial charge in [-0.05, 0) is 42.6 Å². The molecule has 0 bridgehead atoms. The number of ether oxygens (including phenoxy) is 4. The van der Waals surface area contributed by atoms with E-state index in [0.29, 0.717) is 23.2 Å². The van der Waals surface area contributed by atoms with Crippen molar-refractivity contribution in [2.24, 2.45) is 5.41 Å². The van der Waals surface area contributed by atoms with Crippen LogP contribution in [0.5, 0.6) is 0 Å². The van der Waals surface area contributed by atoms with E-state index in [4.69, 9.17) is 23.4 Å². The van der Waals surface area contributed by atoms with E-state index < -0.39 is 25.6 Å². The summed E-state index contributed by atoms with van der Waals surface area (Å²) in [6, 6.07) is 10.2. The Kier molecular flexibility index (Phi) is 10.4. The van der Waals surface area contributed by atoms with E-state index >= 15 is 0 Å². The van der Waals surface area contributed by atoms with Gasteiger partial charge in [0.25, 0.3) is 0 Å². The van der Waals surface area contributed by atoms with Gasteiger partial charge in [0.15, 0.2) is 19.9 Å². The molecule has 38 heavy (non-hydrogen) atoms. The lowest BCUT2D eigenvalue weighted by atomic mass is 9.91. The molecule has 1 aromatic rings. The van der Waals surface area contributed by atoms with Gasteiger partial charge in [-0.3, -0.25) is 4.79 Å². The molecule has 2 aliphatic heterocycles. The summed E-state index contributed by atoms with van der Waals surface area (Å²) >= 11 is 1.60. The predicted molar refractivity (Wildman–Crippen MR) is 156 cm³/mol. The summed E-state index contributed by atoms with van der Waals surface area (Å²) in [6.07, 6.45) is -1.53. The Morgan fingerprint density at radius 1 is 0.974 bits per heavy atom. The van der Waals surface area contributed by atoms with Gasteiger partial charge >= 0.3 is 0 Å². The van der Waals surface area contributed by atoms with Gasteiger partial charge in [-0.2, -0.15) is 0 Å². The highest BCUT2D eigenvalue weighted by Crippen LogP contribution is 2.46. The average Bonchev–Trinajstić information content (AvgIpc) is 3.13. The fraction of sp³-hybridized carbons (Fsp3) is 0.767. The van der Waals surface area contributed by atoms with Gasteiger partial charge in [0.2, 0.25) is 0 Å². The Hall–Kier alpha value is -0.743. The summed E-state index contributed by atoms with van der Waals surface area (Å²) in [4.78, 5) is 13.9. The second-order valence-electron chi connectivity index (χ2n) is 13.1. The van der Waals surface area contributed by atoms with Crippen LogP contribution in [0.15, 0.2) is 35.2 Å². The zero-order valence-electron chi connectivity index (χ0n) is 25.3. The minimum absolute atomic E-state index is 0.00161. The minimum Gasteiger partial charge on any atom is -0.413 e. The van der Waals surface area contributed by atoms with Crippen molar-refractivity contribution in [3.8, 4) is 0 Å². The molecule has 0 N–H and O–H groups in total. The van der Waals surface area contributed by atoms with Gasteiger partial charge in [-0.25, -0.2) is 0 Å². The lowest BCUT2D eigenvalue weighted by Crippen LogP contribution is -2.59. The number of carbonyl (C=O) groups is 1. The van der Waals surface area contributed by atoms with Crippen molar-refractivity contribution in [1.29, 1.82) is 0 Å². The van der Waals surface area contributed by atoms with E-state index in [1.165, 1.54) is 0 Å². The summed E-state index contributed by atoms with van der Waals surface area (Å²) < 4.78 is 33.0. The maximum atomic E-state index is 12.8. The summed E-state index contributed by atoms with van der Waals surface area (Å²) in [5.41, 5.74) is 0.526. The number of Topliss-reactive ketones (excluding diaryl/α,β-unsaturated/α-hetero) is 1. The van der Waals surface area contributed by atoms with Gasteiger partial charge in [-0.15, -0.1) is 0 Å². The van der Waals surface area contributed by atoms with Crippen molar-refractivity contribution in [3.05, 3.63) is 30.3 Å². The molecule has 8 heteroatoms. The number of hydrogen-bond donors (Lipinski definition) is 0. The van der Waals surface area contributed by atoms with Gasteiger partial charge in [0, 0.05) is 10.3 Å². The molecule has 5 atom stereocenters. The molecule has 6 nitrogen and oxygen atoms in total. The van der Waals surface area contributed by atoms with Crippen LogP contribution >= 0.6 is 11.8 Å². The zero-order valence-corrected chi connectivity index (χ0v) is 27.1. The molecule has 0 radical (unpaired) electrons. The van der Waals surface area contributed by atoms with E-state index in [-0.39, 0.29) is 36.1 Å². The Labute approximate surface area is 236 Å². The predicted octanol–water partition coefficient (Wildman–Crippen LogP) is 7.22. The van der Waals surface area contributed by atoms with Crippen LogP contribution in [-0.4, -0.2) is 63.0 Å². The molecule has 2 saturated heterocycles. The van der Waals surface area contributed by atoms with E-state index in [1.807, 2.05) is 52.8 Å². The second kappa shape index (κ2) is 12.4. The van der Waals surface area contributed by atoms with Crippen molar-refractivity contribution in [2.45, 2.75) is 133 Å². The third-order valence-corrected chi connectivity index (χ3v) is 15.1. The fourth-order valence-electron chi connectivity index (χ4n) is 5.99. The Balaban J connectivity index is 1.92. The normalized spacial score (nSPS) is 27.8. The van der Waals surface area contributed by atoms with Crippen molar-refractivity contribution in [2.75, 3.05) is 13.2 Å². The van der Waals surface area contributed by atoms with E-state index in [0.717, 1.165) is 4.90 Å². The maximum Gasteiger partial charge on any atom is 0.200 e. The molecular weight excluding hydrogens is 516 g/mol. The number of ketones is 1. The van der Waals surface area contributed by atoms with E-state index in [2.05, 4.69) is 53.7 Å². The lowest BCUT2D eigenvalue weighted by molar-refractivity contribution is -0.185. The number of carbonyl (C=O) groups excluding carboxylic acids is 1. The fourth-order valence-corrected chi connectivity index (χ4v) is 12.6. The van der Waals surface area contributed by atoms with Crippen molar-refractivity contribution in [3.63, 3.8) is 0 Å². The Morgan fingerprint density at radius 3 is 2.05 bits per heavy atom. The highest BCUT2D eigenvalue weighted by Gasteiger charge is 2.57. The molecule has 2 heterocycles. The van der Waals surface area contributed by atoms with Crippen LogP contribution in [-0.2, 0) is 28.2 Å². The zero-order chi connectivity index (χ0) is 28.5. The molecule has 2 fully saturated rings. The van der Waals surface area contributed by atoms with E-state index in [9.17, 15) is 4.79 Å². The molecule has 0 aromatic heterocycles. The van der Waals surface area contributed by atoms with Gasteiger partial charge < -0.3 is 23.4 Å². The van der Waals surface area contributed by atoms with E-state index in [1.54, 1.807) is 11.8 Å². The second-order valence-corrected chi connectivity index (χ2v) is 19.7. The topological polar surface area (TPSA) is 63.2 Å². The molecule has 216 valence electrons. The molecule has 0 spiro atoms. The Morgan fingerprint density at radius 2 is 1.53 bits per heavy atom. The number of thioether (sulfide) groups is 1. The average molecular weight is 567 g/mol. The third-order valence-electron chi connectivity index (χ3n) is 7.87. The summed E-state index contributed by atoms with van der Waals surface area (Å²) in [7, 11) is -2.11. The number of fused-ring (bicyclic) bond motifs is 1. The summed E-state index contributed by atoms with van der Waals surface area (Å²) in [6.45, 7) is 23.8. The first kappa shape index (κ1) is 31.8. The van der Waals surface area contributed by atoms with Crippen LogP contribution < -0.4 is 0 Å². The summed E-state index contributed by atoms with van der Waals surface area (Å²) in [5, 5.41) is 0. The van der Waals surface area contributed by atoms with Crippen molar-refractivity contribution < 1.29 is 28.2 Å². The molecule has 2 aliphatic rings. The first-order valence-corrected chi connectivity index (χ1v) is 17.1. The summed E-state index contributed by atoms with van der Waals surface area (Å²) in [5.74, 6) is -0.746. The third kappa shape index (κ3) is 7.12. The number of hydrogen-bond acceptors (Lipinski definition) is 7. The maximum absolute atomic E-state index is 12.8.